The zero-order valence-electron chi connectivity index (χ0n) is 11.1. The molecule has 0 amide bonds. The average molecular weight is 270 g/mol. The minimum atomic E-state index is -0.280. The van der Waals surface area contributed by atoms with Crippen molar-refractivity contribution in [3.63, 3.8) is 0 Å². The van der Waals surface area contributed by atoms with Crippen LogP contribution in [0.2, 0.25) is 0 Å². The van der Waals surface area contributed by atoms with Crippen molar-refractivity contribution < 1.29 is 14.3 Å². The average Bonchev–Trinajstić information content (AvgIpc) is 2.49. The highest BCUT2D eigenvalue weighted by molar-refractivity contribution is 5.69. The van der Waals surface area contributed by atoms with Crippen molar-refractivity contribution in [2.75, 3.05) is 13.7 Å². The van der Waals surface area contributed by atoms with Crippen LogP contribution < -0.4 is 4.74 Å². The van der Waals surface area contributed by atoms with Gasteiger partial charge in [0.25, 0.3) is 0 Å². The molecule has 102 valence electrons. The molecule has 0 fully saturated rings. The molecule has 0 unspecified atom stereocenters. The molecule has 1 aromatic carbocycles. The van der Waals surface area contributed by atoms with E-state index in [1.54, 1.807) is 36.4 Å². The van der Waals surface area contributed by atoms with E-state index in [1.165, 1.54) is 13.2 Å². The van der Waals surface area contributed by atoms with Crippen LogP contribution in [-0.4, -0.2) is 19.7 Å². The summed E-state index contributed by atoms with van der Waals surface area (Å²) in [6, 6.07) is 10.7. The first-order valence-electron chi connectivity index (χ1n) is 6.01. The van der Waals surface area contributed by atoms with Crippen molar-refractivity contribution in [3.05, 3.63) is 35.4 Å². The third kappa shape index (κ3) is 4.83. The maximum Gasteiger partial charge on any atom is 0.305 e. The Labute approximate surface area is 117 Å². The summed E-state index contributed by atoms with van der Waals surface area (Å²) in [6.45, 7) is 0.356. The fourth-order valence-corrected chi connectivity index (χ4v) is 1.48. The van der Waals surface area contributed by atoms with Crippen molar-refractivity contribution >= 4 is 12.0 Å². The van der Waals surface area contributed by atoms with E-state index in [1.807, 2.05) is 0 Å². The van der Waals surface area contributed by atoms with E-state index >= 15 is 0 Å². The summed E-state index contributed by atoms with van der Waals surface area (Å²) in [6.07, 6.45) is 2.29. The van der Waals surface area contributed by atoms with Gasteiger partial charge in [-0.3, -0.25) is 4.79 Å². The molecule has 0 radical (unpaired) electrons. The molecule has 0 N–H and O–H groups in total. The molecule has 5 nitrogen and oxygen atoms in total. The van der Waals surface area contributed by atoms with Gasteiger partial charge in [0, 0.05) is 12.0 Å². The minimum Gasteiger partial charge on any atom is -0.493 e. The summed E-state index contributed by atoms with van der Waals surface area (Å²) in [4.78, 5) is 11.0. The van der Waals surface area contributed by atoms with Gasteiger partial charge >= 0.3 is 5.97 Å². The number of nitrogens with zero attached hydrogens (tertiary/aromatic N) is 2. The van der Waals surface area contributed by atoms with E-state index in [0.717, 1.165) is 0 Å². The number of hydrogen-bond acceptors (Lipinski definition) is 5. The number of methoxy groups -OCH3 is 1. The van der Waals surface area contributed by atoms with Crippen LogP contribution in [0.4, 0.5) is 0 Å². The Hall–Kier alpha value is -2.79. The van der Waals surface area contributed by atoms with Gasteiger partial charge in [-0.2, -0.15) is 10.5 Å². The van der Waals surface area contributed by atoms with Crippen LogP contribution in [0.5, 0.6) is 5.75 Å². The Balaban J connectivity index is 2.68. The van der Waals surface area contributed by atoms with Crippen LogP contribution in [-0.2, 0) is 9.53 Å². The molecule has 0 aliphatic heterocycles. The Morgan fingerprint density at radius 3 is 2.65 bits per heavy atom. The number of carbonyl (C=O) groups excluding carboxylic acids is 1. The number of rotatable bonds is 6. The summed E-state index contributed by atoms with van der Waals surface area (Å²) in [7, 11) is 1.34. The molecule has 0 heterocycles. The third-order valence-electron chi connectivity index (χ3n) is 2.47. The molecule has 0 spiro atoms. The first kappa shape index (κ1) is 15.3. The molecule has 1 aromatic rings. The van der Waals surface area contributed by atoms with Gasteiger partial charge in [0.2, 0.25) is 0 Å². The van der Waals surface area contributed by atoms with E-state index < -0.39 is 0 Å². The molecule has 0 saturated carbocycles. The highest BCUT2D eigenvalue weighted by Gasteiger charge is 2.04. The number of ether oxygens (including phenoxy) is 2. The van der Waals surface area contributed by atoms with E-state index in [-0.39, 0.29) is 18.0 Å². The maximum absolute atomic E-state index is 11.0. The van der Waals surface area contributed by atoms with E-state index in [2.05, 4.69) is 4.74 Å². The minimum absolute atomic E-state index is 0.00982. The molecular formula is C15H14N2O3. The standard InChI is InChI=1S/C15H14N2O3/c1-19-15(18)7-4-8-20-14-6-3-2-5-13(14)9-12(10-16)11-17/h2-3,5-6,9H,4,7-8H2,1H3. The van der Waals surface area contributed by atoms with Gasteiger partial charge in [-0.25, -0.2) is 0 Å². The topological polar surface area (TPSA) is 83.1 Å². The molecule has 0 aliphatic carbocycles. The second kappa shape index (κ2) is 8.34. The van der Waals surface area contributed by atoms with Crippen molar-refractivity contribution in [2.45, 2.75) is 12.8 Å². The molecule has 5 heteroatoms. The molecule has 1 rings (SSSR count). The second-order valence-corrected chi connectivity index (χ2v) is 3.85. The quantitative estimate of drug-likeness (QED) is 0.450. The van der Waals surface area contributed by atoms with Crippen LogP contribution in [0.25, 0.3) is 6.08 Å². The SMILES string of the molecule is COC(=O)CCCOc1ccccc1C=C(C#N)C#N. The fraction of sp³-hybridized carbons (Fsp3) is 0.267. The van der Waals surface area contributed by atoms with Crippen molar-refractivity contribution in [1.82, 2.24) is 0 Å². The van der Waals surface area contributed by atoms with E-state index in [0.29, 0.717) is 24.3 Å². The van der Waals surface area contributed by atoms with Crippen LogP contribution >= 0.6 is 0 Å². The number of carbonyl (C=O) groups is 1. The first-order valence-corrected chi connectivity index (χ1v) is 6.01. The van der Waals surface area contributed by atoms with Crippen molar-refractivity contribution in [2.24, 2.45) is 0 Å². The summed E-state index contributed by atoms with van der Waals surface area (Å²) < 4.78 is 10.1. The lowest BCUT2D eigenvalue weighted by molar-refractivity contribution is -0.140. The number of para-hydroxylation sites is 1. The molecule has 0 aliphatic rings. The molecule has 20 heavy (non-hydrogen) atoms. The summed E-state index contributed by atoms with van der Waals surface area (Å²) >= 11 is 0. The first-order chi connectivity index (χ1) is 9.71. The highest BCUT2D eigenvalue weighted by Crippen LogP contribution is 2.21. The largest absolute Gasteiger partial charge is 0.493 e. The van der Waals surface area contributed by atoms with Gasteiger partial charge in [0.05, 0.1) is 13.7 Å². The van der Waals surface area contributed by atoms with Crippen LogP contribution in [0, 0.1) is 22.7 Å². The van der Waals surface area contributed by atoms with Crippen LogP contribution in [0.15, 0.2) is 29.8 Å². The lowest BCUT2D eigenvalue weighted by Crippen LogP contribution is -2.05. The van der Waals surface area contributed by atoms with Gasteiger partial charge in [0.1, 0.15) is 23.5 Å². The summed E-state index contributed by atoms with van der Waals surface area (Å²) in [5.74, 6) is 0.290. The Kier molecular flexibility index (Phi) is 6.36. The predicted molar refractivity (Wildman–Crippen MR) is 72.4 cm³/mol. The maximum atomic E-state index is 11.0. The summed E-state index contributed by atoms with van der Waals surface area (Å²) in [5, 5.41) is 17.5. The zero-order chi connectivity index (χ0) is 14.8. The van der Waals surface area contributed by atoms with E-state index in [9.17, 15) is 4.79 Å². The number of hydrogen-bond donors (Lipinski definition) is 0. The lowest BCUT2D eigenvalue weighted by atomic mass is 10.1. The smallest absolute Gasteiger partial charge is 0.305 e. The number of esters is 1. The van der Waals surface area contributed by atoms with Gasteiger partial charge in [-0.05, 0) is 18.6 Å². The van der Waals surface area contributed by atoms with Gasteiger partial charge in [0.15, 0.2) is 0 Å². The van der Waals surface area contributed by atoms with Gasteiger partial charge in [-0.15, -0.1) is 0 Å². The Bertz CT molecular complexity index is 564. The zero-order valence-corrected chi connectivity index (χ0v) is 11.1. The van der Waals surface area contributed by atoms with Crippen molar-refractivity contribution in [1.29, 1.82) is 10.5 Å². The van der Waals surface area contributed by atoms with Crippen LogP contribution in [0.1, 0.15) is 18.4 Å². The molecule has 0 aromatic heterocycles. The second-order valence-electron chi connectivity index (χ2n) is 3.85. The molecule has 0 bridgehead atoms. The van der Waals surface area contributed by atoms with Crippen LogP contribution in [0.3, 0.4) is 0 Å². The van der Waals surface area contributed by atoms with Gasteiger partial charge < -0.3 is 9.47 Å². The van der Waals surface area contributed by atoms with Gasteiger partial charge in [-0.1, -0.05) is 18.2 Å². The normalized spacial score (nSPS) is 8.95. The molecule has 0 saturated heterocycles. The third-order valence-corrected chi connectivity index (χ3v) is 2.47. The Morgan fingerprint density at radius 2 is 2.00 bits per heavy atom. The fourth-order valence-electron chi connectivity index (χ4n) is 1.48. The van der Waals surface area contributed by atoms with E-state index in [4.69, 9.17) is 15.3 Å². The summed E-state index contributed by atoms with van der Waals surface area (Å²) in [5.41, 5.74) is 0.666. The number of allylic oxidation sites excluding steroid dienone is 1. The highest BCUT2D eigenvalue weighted by atomic mass is 16.5. The lowest BCUT2D eigenvalue weighted by Gasteiger charge is -2.08. The van der Waals surface area contributed by atoms with Crippen molar-refractivity contribution in [3.8, 4) is 17.9 Å². The predicted octanol–water partition coefficient (Wildman–Crippen LogP) is 2.45. The number of nitriles is 2. The monoisotopic (exact) mass is 270 g/mol. The molecule has 0 atom stereocenters. The molecular weight excluding hydrogens is 256 g/mol. The Morgan fingerprint density at radius 1 is 1.30 bits per heavy atom. The number of benzene rings is 1.